The molecule has 2 aromatic carbocycles. The molecule has 0 aliphatic carbocycles. The van der Waals surface area contributed by atoms with E-state index in [4.69, 9.17) is 0 Å². The fourth-order valence-electron chi connectivity index (χ4n) is 2.17. The molecule has 0 unspecified atom stereocenters. The molecule has 0 heterocycles. The Labute approximate surface area is 110 Å². The van der Waals surface area contributed by atoms with Gasteiger partial charge in [0.2, 0.25) is 0 Å². The minimum atomic E-state index is 0.381. The van der Waals surface area contributed by atoms with Gasteiger partial charge in [-0.05, 0) is 37.5 Å². The van der Waals surface area contributed by atoms with Gasteiger partial charge in [0.05, 0.1) is 0 Å². The Morgan fingerprint density at radius 2 is 1.72 bits per heavy atom. The van der Waals surface area contributed by atoms with Gasteiger partial charge in [0.25, 0.3) is 0 Å². The van der Waals surface area contributed by atoms with E-state index in [0.29, 0.717) is 6.04 Å². The number of benzene rings is 2. The second kappa shape index (κ2) is 5.83. The lowest BCUT2D eigenvalue weighted by atomic mass is 10.0. The van der Waals surface area contributed by atoms with Crippen molar-refractivity contribution in [3.8, 4) is 0 Å². The van der Waals surface area contributed by atoms with Crippen LogP contribution in [0, 0.1) is 13.8 Å². The van der Waals surface area contributed by atoms with Crippen LogP contribution in [0.15, 0.2) is 48.5 Å². The lowest BCUT2D eigenvalue weighted by molar-refractivity contribution is 0.573. The Bertz CT molecular complexity index is 502. The monoisotopic (exact) mass is 239 g/mol. The van der Waals surface area contributed by atoms with Crippen LogP contribution in [0.3, 0.4) is 0 Å². The number of rotatable bonds is 4. The number of hydrogen-bond donors (Lipinski definition) is 1. The largest absolute Gasteiger partial charge is 0.306 e. The van der Waals surface area contributed by atoms with Crippen LogP contribution < -0.4 is 5.32 Å². The maximum Gasteiger partial charge on any atom is 0.0294 e. The molecule has 1 N–H and O–H groups in total. The van der Waals surface area contributed by atoms with Crippen LogP contribution in [-0.4, -0.2) is 0 Å². The summed E-state index contributed by atoms with van der Waals surface area (Å²) in [6.07, 6.45) is 0. The first-order chi connectivity index (χ1) is 8.66. The summed E-state index contributed by atoms with van der Waals surface area (Å²) >= 11 is 0. The van der Waals surface area contributed by atoms with E-state index in [1.54, 1.807) is 0 Å². The molecule has 0 fully saturated rings. The standard InChI is InChI=1S/C17H21N/c1-13-9-10-17(14(2)11-13)12-18-15(3)16-7-5-4-6-8-16/h4-11,15,18H,12H2,1-3H3/t15-/m1/s1. The smallest absolute Gasteiger partial charge is 0.0294 e. The second-order valence-electron chi connectivity index (χ2n) is 4.94. The maximum atomic E-state index is 3.58. The average Bonchev–Trinajstić information content (AvgIpc) is 2.38. The fourth-order valence-corrected chi connectivity index (χ4v) is 2.17. The quantitative estimate of drug-likeness (QED) is 0.845. The molecule has 1 heteroatoms. The summed E-state index contributed by atoms with van der Waals surface area (Å²) in [6.45, 7) is 7.44. The lowest BCUT2D eigenvalue weighted by Crippen LogP contribution is -2.18. The van der Waals surface area contributed by atoms with Gasteiger partial charge in [-0.2, -0.15) is 0 Å². The van der Waals surface area contributed by atoms with Crippen molar-refractivity contribution < 1.29 is 0 Å². The van der Waals surface area contributed by atoms with Crippen LogP contribution in [0.1, 0.15) is 35.2 Å². The highest BCUT2D eigenvalue weighted by Crippen LogP contribution is 2.14. The SMILES string of the molecule is Cc1ccc(CN[C@H](C)c2ccccc2)c(C)c1. The second-order valence-corrected chi connectivity index (χ2v) is 4.94. The molecule has 0 aliphatic rings. The Kier molecular flexibility index (Phi) is 4.16. The van der Waals surface area contributed by atoms with Crippen LogP contribution in [0.4, 0.5) is 0 Å². The lowest BCUT2D eigenvalue weighted by Gasteiger charge is -2.15. The summed E-state index contributed by atoms with van der Waals surface area (Å²) in [4.78, 5) is 0. The molecule has 2 aromatic rings. The molecule has 1 nitrogen and oxygen atoms in total. The summed E-state index contributed by atoms with van der Waals surface area (Å²) in [5.41, 5.74) is 5.40. The predicted molar refractivity (Wildman–Crippen MR) is 77.6 cm³/mol. The molecular formula is C17H21N. The Hall–Kier alpha value is -1.60. The van der Waals surface area contributed by atoms with Crippen molar-refractivity contribution in [1.29, 1.82) is 0 Å². The molecule has 2 rings (SSSR count). The summed E-state index contributed by atoms with van der Waals surface area (Å²) in [5, 5.41) is 3.58. The van der Waals surface area contributed by atoms with Crippen molar-refractivity contribution in [2.45, 2.75) is 33.4 Å². The molecule has 0 bridgehead atoms. The molecular weight excluding hydrogens is 218 g/mol. The number of aryl methyl sites for hydroxylation is 2. The first-order valence-electron chi connectivity index (χ1n) is 6.51. The highest BCUT2D eigenvalue weighted by atomic mass is 14.9. The highest BCUT2D eigenvalue weighted by molar-refractivity contribution is 5.30. The number of nitrogens with one attached hydrogen (secondary N) is 1. The summed E-state index contributed by atoms with van der Waals surface area (Å²) in [7, 11) is 0. The summed E-state index contributed by atoms with van der Waals surface area (Å²) in [5.74, 6) is 0. The minimum Gasteiger partial charge on any atom is -0.306 e. The zero-order valence-corrected chi connectivity index (χ0v) is 11.4. The summed E-state index contributed by atoms with van der Waals surface area (Å²) in [6, 6.07) is 17.6. The first-order valence-corrected chi connectivity index (χ1v) is 6.51. The maximum absolute atomic E-state index is 3.58. The topological polar surface area (TPSA) is 12.0 Å². The van der Waals surface area contributed by atoms with E-state index in [2.05, 4.69) is 74.6 Å². The molecule has 0 saturated carbocycles. The van der Waals surface area contributed by atoms with Gasteiger partial charge in [-0.15, -0.1) is 0 Å². The van der Waals surface area contributed by atoms with Crippen LogP contribution in [-0.2, 0) is 6.54 Å². The van der Waals surface area contributed by atoms with E-state index >= 15 is 0 Å². The van der Waals surface area contributed by atoms with Crippen LogP contribution in [0.5, 0.6) is 0 Å². The normalized spacial score (nSPS) is 12.4. The molecule has 0 aromatic heterocycles. The Morgan fingerprint density at radius 3 is 2.39 bits per heavy atom. The van der Waals surface area contributed by atoms with E-state index in [1.807, 2.05) is 0 Å². The molecule has 0 aliphatic heterocycles. The number of hydrogen-bond acceptors (Lipinski definition) is 1. The van der Waals surface area contributed by atoms with Gasteiger partial charge >= 0.3 is 0 Å². The van der Waals surface area contributed by atoms with Crippen molar-refractivity contribution in [1.82, 2.24) is 5.32 Å². The predicted octanol–water partition coefficient (Wildman–Crippen LogP) is 4.15. The molecule has 0 spiro atoms. The molecule has 0 amide bonds. The van der Waals surface area contributed by atoms with Crippen molar-refractivity contribution in [2.24, 2.45) is 0 Å². The van der Waals surface area contributed by atoms with E-state index < -0.39 is 0 Å². The van der Waals surface area contributed by atoms with Crippen molar-refractivity contribution in [3.63, 3.8) is 0 Å². The molecule has 18 heavy (non-hydrogen) atoms. The fraction of sp³-hybridized carbons (Fsp3) is 0.294. The van der Waals surface area contributed by atoms with E-state index in [-0.39, 0.29) is 0 Å². The van der Waals surface area contributed by atoms with E-state index in [9.17, 15) is 0 Å². The third-order valence-corrected chi connectivity index (χ3v) is 3.40. The van der Waals surface area contributed by atoms with Crippen molar-refractivity contribution in [2.75, 3.05) is 0 Å². The van der Waals surface area contributed by atoms with Crippen LogP contribution in [0.2, 0.25) is 0 Å². The van der Waals surface area contributed by atoms with Gasteiger partial charge in [0, 0.05) is 12.6 Å². The zero-order chi connectivity index (χ0) is 13.0. The zero-order valence-electron chi connectivity index (χ0n) is 11.4. The Morgan fingerprint density at radius 1 is 1.00 bits per heavy atom. The third kappa shape index (κ3) is 3.21. The van der Waals surface area contributed by atoms with Crippen molar-refractivity contribution in [3.05, 3.63) is 70.8 Å². The Balaban J connectivity index is 1.99. The average molecular weight is 239 g/mol. The van der Waals surface area contributed by atoms with Gasteiger partial charge < -0.3 is 5.32 Å². The van der Waals surface area contributed by atoms with Gasteiger partial charge in [0.1, 0.15) is 0 Å². The van der Waals surface area contributed by atoms with Gasteiger partial charge in [0.15, 0.2) is 0 Å². The first kappa shape index (κ1) is 12.8. The molecule has 94 valence electrons. The van der Waals surface area contributed by atoms with Crippen LogP contribution in [0.25, 0.3) is 0 Å². The van der Waals surface area contributed by atoms with Crippen molar-refractivity contribution >= 4 is 0 Å². The highest BCUT2D eigenvalue weighted by Gasteiger charge is 2.05. The van der Waals surface area contributed by atoms with E-state index in [1.165, 1.54) is 22.3 Å². The molecule has 0 radical (unpaired) electrons. The van der Waals surface area contributed by atoms with Crippen LogP contribution >= 0.6 is 0 Å². The molecule has 0 saturated heterocycles. The van der Waals surface area contributed by atoms with Gasteiger partial charge in [-0.1, -0.05) is 54.1 Å². The van der Waals surface area contributed by atoms with E-state index in [0.717, 1.165) is 6.54 Å². The minimum absolute atomic E-state index is 0.381. The van der Waals surface area contributed by atoms with Gasteiger partial charge in [-0.3, -0.25) is 0 Å². The third-order valence-electron chi connectivity index (χ3n) is 3.40. The summed E-state index contributed by atoms with van der Waals surface area (Å²) < 4.78 is 0. The van der Waals surface area contributed by atoms with Gasteiger partial charge in [-0.25, -0.2) is 0 Å². The molecule has 1 atom stereocenters.